The number of rotatable bonds is 5. The Hall–Kier alpha value is -2.89. The number of fused-ring (bicyclic) bond motifs is 1. The number of amides is 1. The summed E-state index contributed by atoms with van der Waals surface area (Å²) in [5.74, 6) is -0.528. The SMILES string of the molecule is Cc1csc(Sc2c(Cl)cccc2NC(=O)Cn2c(=O)c3c(ncn3C)n(C)c2=O)n1. The van der Waals surface area contributed by atoms with Gasteiger partial charge in [-0.05, 0) is 19.1 Å². The van der Waals surface area contributed by atoms with E-state index in [0.29, 0.717) is 15.6 Å². The molecule has 4 rings (SSSR count). The molecule has 0 spiro atoms. The third-order valence-electron chi connectivity index (χ3n) is 4.53. The summed E-state index contributed by atoms with van der Waals surface area (Å²) in [7, 11) is 3.16. The van der Waals surface area contributed by atoms with Gasteiger partial charge in [0, 0.05) is 25.2 Å². The van der Waals surface area contributed by atoms with E-state index in [9.17, 15) is 14.4 Å². The highest BCUT2D eigenvalue weighted by molar-refractivity contribution is 8.01. The number of aromatic nitrogens is 5. The van der Waals surface area contributed by atoms with Crippen LogP contribution in [0.3, 0.4) is 0 Å². The van der Waals surface area contributed by atoms with Crippen LogP contribution in [-0.4, -0.2) is 29.6 Å². The van der Waals surface area contributed by atoms with Gasteiger partial charge in [-0.1, -0.05) is 29.4 Å². The fourth-order valence-corrected chi connectivity index (χ4v) is 5.20. The molecule has 12 heteroatoms. The average Bonchev–Trinajstić information content (AvgIpc) is 3.31. The number of hydrogen-bond donors (Lipinski definition) is 1. The van der Waals surface area contributed by atoms with Gasteiger partial charge >= 0.3 is 5.69 Å². The highest BCUT2D eigenvalue weighted by Crippen LogP contribution is 2.39. The van der Waals surface area contributed by atoms with Crippen LogP contribution in [0.5, 0.6) is 0 Å². The summed E-state index contributed by atoms with van der Waals surface area (Å²) in [6, 6.07) is 5.14. The van der Waals surface area contributed by atoms with Crippen molar-refractivity contribution in [2.75, 3.05) is 5.32 Å². The lowest BCUT2D eigenvalue weighted by atomic mass is 10.3. The molecule has 0 aliphatic carbocycles. The van der Waals surface area contributed by atoms with Crippen molar-refractivity contribution in [1.82, 2.24) is 23.7 Å². The third-order valence-corrected chi connectivity index (χ3v) is 7.16. The van der Waals surface area contributed by atoms with E-state index >= 15 is 0 Å². The molecule has 3 aromatic heterocycles. The van der Waals surface area contributed by atoms with E-state index < -0.39 is 23.7 Å². The molecule has 1 amide bonds. The normalized spacial score (nSPS) is 11.2. The van der Waals surface area contributed by atoms with Crippen LogP contribution in [-0.2, 0) is 25.4 Å². The van der Waals surface area contributed by atoms with Crippen LogP contribution in [0.1, 0.15) is 5.69 Å². The molecule has 4 aromatic rings. The van der Waals surface area contributed by atoms with E-state index in [4.69, 9.17) is 11.6 Å². The zero-order valence-electron chi connectivity index (χ0n) is 16.7. The molecule has 160 valence electrons. The molecule has 31 heavy (non-hydrogen) atoms. The van der Waals surface area contributed by atoms with Gasteiger partial charge in [-0.15, -0.1) is 11.3 Å². The first-order chi connectivity index (χ1) is 14.8. The number of nitrogens with zero attached hydrogens (tertiary/aromatic N) is 5. The number of thiazole rings is 1. The van der Waals surface area contributed by atoms with E-state index in [2.05, 4.69) is 15.3 Å². The van der Waals surface area contributed by atoms with E-state index in [0.717, 1.165) is 14.6 Å². The minimum atomic E-state index is -0.620. The van der Waals surface area contributed by atoms with Crippen molar-refractivity contribution >= 4 is 57.5 Å². The number of carbonyl (C=O) groups is 1. The summed E-state index contributed by atoms with van der Waals surface area (Å²) in [4.78, 5) is 47.3. The molecule has 0 unspecified atom stereocenters. The third kappa shape index (κ3) is 4.03. The topological polar surface area (TPSA) is 104 Å². The highest BCUT2D eigenvalue weighted by atomic mass is 35.5. The van der Waals surface area contributed by atoms with Crippen molar-refractivity contribution < 1.29 is 4.79 Å². The summed E-state index contributed by atoms with van der Waals surface area (Å²) >= 11 is 9.17. The maximum atomic E-state index is 12.8. The summed E-state index contributed by atoms with van der Waals surface area (Å²) < 4.78 is 4.44. The fraction of sp³-hybridized carbons (Fsp3) is 0.211. The molecule has 0 aliphatic heterocycles. The van der Waals surface area contributed by atoms with Gasteiger partial charge in [-0.25, -0.2) is 19.3 Å². The molecule has 0 bridgehead atoms. The molecule has 0 radical (unpaired) electrons. The summed E-state index contributed by atoms with van der Waals surface area (Å²) in [5.41, 5.74) is 0.680. The molecule has 0 saturated carbocycles. The van der Waals surface area contributed by atoms with Gasteiger partial charge in [0.15, 0.2) is 15.5 Å². The van der Waals surface area contributed by atoms with E-state index in [1.807, 2.05) is 12.3 Å². The van der Waals surface area contributed by atoms with Crippen LogP contribution in [0.2, 0.25) is 5.02 Å². The van der Waals surface area contributed by atoms with Crippen molar-refractivity contribution in [3.8, 4) is 0 Å². The summed E-state index contributed by atoms with van der Waals surface area (Å²) in [6.07, 6.45) is 1.45. The van der Waals surface area contributed by atoms with Gasteiger partial charge in [0.05, 0.1) is 21.9 Å². The Morgan fingerprint density at radius 1 is 1.29 bits per heavy atom. The fourth-order valence-electron chi connectivity index (χ4n) is 3.05. The molecule has 0 fully saturated rings. The maximum Gasteiger partial charge on any atom is 0.332 e. The Balaban J connectivity index is 1.65. The quantitative estimate of drug-likeness (QED) is 0.475. The van der Waals surface area contributed by atoms with Gasteiger partial charge in [-0.2, -0.15) is 0 Å². The molecule has 3 heterocycles. The summed E-state index contributed by atoms with van der Waals surface area (Å²) in [5, 5.41) is 5.14. The first kappa shape index (κ1) is 21.3. The highest BCUT2D eigenvalue weighted by Gasteiger charge is 2.18. The maximum absolute atomic E-state index is 12.8. The molecule has 1 aromatic carbocycles. The van der Waals surface area contributed by atoms with Crippen LogP contribution in [0.15, 0.2) is 48.7 Å². The molecule has 0 saturated heterocycles. The van der Waals surface area contributed by atoms with Crippen molar-refractivity contribution in [1.29, 1.82) is 0 Å². The van der Waals surface area contributed by atoms with Gasteiger partial charge in [0.1, 0.15) is 6.54 Å². The monoisotopic (exact) mass is 476 g/mol. The number of nitrogens with one attached hydrogen (secondary N) is 1. The number of halogens is 1. The summed E-state index contributed by atoms with van der Waals surface area (Å²) in [6.45, 7) is 1.45. The van der Waals surface area contributed by atoms with Crippen LogP contribution < -0.4 is 16.6 Å². The van der Waals surface area contributed by atoms with Gasteiger partial charge in [0.25, 0.3) is 5.56 Å². The number of benzene rings is 1. The second kappa shape index (κ2) is 8.33. The van der Waals surface area contributed by atoms with Gasteiger partial charge in [-0.3, -0.25) is 14.2 Å². The first-order valence-corrected chi connectivity index (χ1v) is 11.1. The lowest BCUT2D eigenvalue weighted by Crippen LogP contribution is -2.42. The standard InChI is InChI=1S/C19H17ClN6O3S2/c1-10-8-30-18(22-10)31-15-11(20)5-4-6-12(15)23-13(27)7-26-17(28)14-16(21-9-24(14)2)25(3)19(26)29/h4-6,8-9H,7H2,1-3H3,(H,23,27). The lowest BCUT2D eigenvalue weighted by Gasteiger charge is -2.12. The lowest BCUT2D eigenvalue weighted by molar-refractivity contribution is -0.116. The van der Waals surface area contributed by atoms with E-state index in [1.165, 1.54) is 45.6 Å². The van der Waals surface area contributed by atoms with Crippen molar-refractivity contribution in [3.63, 3.8) is 0 Å². The number of carbonyl (C=O) groups excluding carboxylic acids is 1. The molecule has 0 atom stereocenters. The number of anilines is 1. The first-order valence-electron chi connectivity index (χ1n) is 9.05. The largest absolute Gasteiger partial charge is 0.332 e. The second-order valence-electron chi connectivity index (χ2n) is 6.78. The Bertz CT molecular complexity index is 1430. The Kier molecular flexibility index (Phi) is 5.73. The molecule has 1 N–H and O–H groups in total. The van der Waals surface area contributed by atoms with Gasteiger partial charge in [0.2, 0.25) is 5.91 Å². The predicted octanol–water partition coefficient (Wildman–Crippen LogP) is 2.64. The number of imidazole rings is 1. The zero-order chi connectivity index (χ0) is 22.3. The number of hydrogen-bond acceptors (Lipinski definition) is 7. The molecule has 9 nitrogen and oxygen atoms in total. The van der Waals surface area contributed by atoms with Crippen molar-refractivity contribution in [2.45, 2.75) is 22.7 Å². The second-order valence-corrected chi connectivity index (χ2v) is 9.30. The van der Waals surface area contributed by atoms with Gasteiger partial charge < -0.3 is 9.88 Å². The van der Waals surface area contributed by atoms with E-state index in [-0.39, 0.29) is 11.2 Å². The van der Waals surface area contributed by atoms with Crippen LogP contribution in [0.25, 0.3) is 11.2 Å². The van der Waals surface area contributed by atoms with Crippen LogP contribution in [0, 0.1) is 6.92 Å². The Morgan fingerprint density at radius 2 is 2.06 bits per heavy atom. The van der Waals surface area contributed by atoms with Crippen molar-refractivity contribution in [3.05, 3.63) is 61.5 Å². The zero-order valence-corrected chi connectivity index (χ0v) is 19.1. The Labute approximate surface area is 189 Å². The smallest absolute Gasteiger partial charge is 0.328 e. The van der Waals surface area contributed by atoms with Crippen LogP contribution in [0.4, 0.5) is 5.69 Å². The molecular formula is C19H17ClN6O3S2. The predicted molar refractivity (Wildman–Crippen MR) is 121 cm³/mol. The number of aryl methyl sites for hydroxylation is 3. The minimum absolute atomic E-state index is 0.244. The Morgan fingerprint density at radius 3 is 2.77 bits per heavy atom. The van der Waals surface area contributed by atoms with Crippen molar-refractivity contribution in [2.24, 2.45) is 14.1 Å². The molecular weight excluding hydrogens is 460 g/mol. The molecule has 0 aliphatic rings. The minimum Gasteiger partial charge on any atom is -0.328 e. The average molecular weight is 477 g/mol. The van der Waals surface area contributed by atoms with Crippen LogP contribution >= 0.6 is 34.7 Å². The van der Waals surface area contributed by atoms with E-state index in [1.54, 1.807) is 25.2 Å².